The number of ketones is 1. The van der Waals surface area contributed by atoms with Crippen molar-refractivity contribution in [3.05, 3.63) is 11.6 Å². The van der Waals surface area contributed by atoms with Crippen LogP contribution in [0.5, 0.6) is 0 Å². The SMILES string of the molecule is CCc1nc(C(=O)C[C@H]2COC[C@@H]3CCCN3C2=O)n[nH]1. The molecular formula is C14H20N4O3. The predicted octanol–water partition coefficient (Wildman–Crippen LogP) is 0.577. The number of hydrogen-bond acceptors (Lipinski definition) is 5. The van der Waals surface area contributed by atoms with Crippen molar-refractivity contribution in [2.75, 3.05) is 19.8 Å². The molecule has 0 aromatic carbocycles. The summed E-state index contributed by atoms with van der Waals surface area (Å²) in [7, 11) is 0. The molecule has 1 aromatic heterocycles. The third-order valence-electron chi connectivity index (χ3n) is 4.19. The molecule has 2 fully saturated rings. The van der Waals surface area contributed by atoms with Gasteiger partial charge in [0.1, 0.15) is 5.82 Å². The number of amides is 1. The zero-order valence-corrected chi connectivity index (χ0v) is 12.2. The molecule has 114 valence electrons. The van der Waals surface area contributed by atoms with Crippen LogP contribution in [0, 0.1) is 5.92 Å². The van der Waals surface area contributed by atoms with Crippen LogP contribution >= 0.6 is 0 Å². The molecule has 3 heterocycles. The largest absolute Gasteiger partial charge is 0.378 e. The fourth-order valence-corrected chi connectivity index (χ4v) is 2.99. The first-order chi connectivity index (χ1) is 10.2. The van der Waals surface area contributed by atoms with Gasteiger partial charge in [0.05, 0.1) is 25.2 Å². The van der Waals surface area contributed by atoms with Gasteiger partial charge in [-0.3, -0.25) is 14.7 Å². The molecule has 0 unspecified atom stereocenters. The van der Waals surface area contributed by atoms with Gasteiger partial charge in [0.15, 0.2) is 0 Å². The van der Waals surface area contributed by atoms with Crippen molar-refractivity contribution >= 4 is 11.7 Å². The van der Waals surface area contributed by atoms with Crippen LogP contribution < -0.4 is 0 Å². The van der Waals surface area contributed by atoms with E-state index in [1.807, 2.05) is 11.8 Å². The van der Waals surface area contributed by atoms with Gasteiger partial charge in [0.25, 0.3) is 0 Å². The predicted molar refractivity (Wildman–Crippen MR) is 73.8 cm³/mol. The third-order valence-corrected chi connectivity index (χ3v) is 4.19. The molecule has 0 spiro atoms. The van der Waals surface area contributed by atoms with Gasteiger partial charge in [0.2, 0.25) is 17.5 Å². The Morgan fingerprint density at radius 2 is 2.33 bits per heavy atom. The van der Waals surface area contributed by atoms with Gasteiger partial charge in [-0.2, -0.15) is 5.10 Å². The molecular weight excluding hydrogens is 272 g/mol. The van der Waals surface area contributed by atoms with E-state index >= 15 is 0 Å². The Morgan fingerprint density at radius 3 is 3.10 bits per heavy atom. The summed E-state index contributed by atoms with van der Waals surface area (Å²) in [5.74, 6) is 0.271. The molecule has 1 N–H and O–H groups in total. The standard InChI is InChI=1S/C14H20N4O3/c1-2-12-15-13(17-16-12)11(19)6-9-7-21-8-10-4-3-5-18(10)14(9)20/h9-10H,2-8H2,1H3,(H,15,16,17)/t9-,10-/m0/s1. The lowest BCUT2D eigenvalue weighted by Gasteiger charge is -2.23. The number of aryl methyl sites for hydroxylation is 1. The first kappa shape index (κ1) is 14.2. The summed E-state index contributed by atoms with van der Waals surface area (Å²) in [6.45, 7) is 3.60. The van der Waals surface area contributed by atoms with E-state index < -0.39 is 5.92 Å². The maximum absolute atomic E-state index is 12.5. The highest BCUT2D eigenvalue weighted by Gasteiger charge is 2.37. The van der Waals surface area contributed by atoms with E-state index in [1.54, 1.807) is 0 Å². The highest BCUT2D eigenvalue weighted by molar-refractivity contribution is 5.95. The first-order valence-corrected chi connectivity index (χ1v) is 7.51. The van der Waals surface area contributed by atoms with Crippen molar-refractivity contribution in [2.24, 2.45) is 5.92 Å². The summed E-state index contributed by atoms with van der Waals surface area (Å²) in [6.07, 6.45) is 2.82. The number of carbonyl (C=O) groups is 2. The Balaban J connectivity index is 1.68. The number of aromatic nitrogens is 3. The molecule has 0 radical (unpaired) electrons. The quantitative estimate of drug-likeness (QED) is 0.820. The minimum absolute atomic E-state index is 0.0367. The Labute approximate surface area is 123 Å². The molecule has 3 rings (SSSR count). The molecule has 1 aromatic rings. The lowest BCUT2D eigenvalue weighted by atomic mass is 10.0. The molecule has 2 atom stereocenters. The normalized spacial score (nSPS) is 25.8. The van der Waals surface area contributed by atoms with Gasteiger partial charge in [-0.1, -0.05) is 6.92 Å². The molecule has 0 aliphatic carbocycles. The number of ether oxygens (including phenoxy) is 1. The van der Waals surface area contributed by atoms with Crippen LogP contribution in [0.1, 0.15) is 42.6 Å². The highest BCUT2D eigenvalue weighted by Crippen LogP contribution is 2.25. The average Bonchev–Trinajstić information content (AvgIpc) is 3.12. The minimum Gasteiger partial charge on any atom is -0.378 e. The second-order valence-electron chi connectivity index (χ2n) is 5.65. The zero-order chi connectivity index (χ0) is 14.8. The number of nitrogens with one attached hydrogen (secondary N) is 1. The molecule has 0 saturated carbocycles. The van der Waals surface area contributed by atoms with E-state index in [1.165, 1.54) is 0 Å². The summed E-state index contributed by atoms with van der Waals surface area (Å²) in [4.78, 5) is 30.7. The molecule has 2 aliphatic heterocycles. The average molecular weight is 292 g/mol. The Hall–Kier alpha value is -1.76. The lowest BCUT2D eigenvalue weighted by molar-refractivity contribution is -0.135. The number of fused-ring (bicyclic) bond motifs is 1. The van der Waals surface area contributed by atoms with Crippen molar-refractivity contribution in [1.82, 2.24) is 20.1 Å². The van der Waals surface area contributed by atoms with Crippen LogP contribution in [-0.4, -0.2) is 57.6 Å². The van der Waals surface area contributed by atoms with Crippen molar-refractivity contribution in [1.29, 1.82) is 0 Å². The van der Waals surface area contributed by atoms with E-state index in [4.69, 9.17) is 4.74 Å². The maximum atomic E-state index is 12.5. The van der Waals surface area contributed by atoms with Gasteiger partial charge < -0.3 is 9.64 Å². The third kappa shape index (κ3) is 2.83. The molecule has 0 bridgehead atoms. The van der Waals surface area contributed by atoms with Gasteiger partial charge in [-0.05, 0) is 12.8 Å². The molecule has 21 heavy (non-hydrogen) atoms. The fourth-order valence-electron chi connectivity index (χ4n) is 2.99. The number of rotatable bonds is 4. The Kier molecular flexibility index (Phi) is 4.01. The van der Waals surface area contributed by atoms with Crippen LogP contribution in [0.15, 0.2) is 0 Å². The van der Waals surface area contributed by atoms with Crippen molar-refractivity contribution < 1.29 is 14.3 Å². The Bertz CT molecular complexity index is 542. The van der Waals surface area contributed by atoms with Crippen LogP contribution in [0.2, 0.25) is 0 Å². The van der Waals surface area contributed by atoms with E-state index in [0.29, 0.717) is 25.5 Å². The van der Waals surface area contributed by atoms with Gasteiger partial charge in [-0.15, -0.1) is 0 Å². The maximum Gasteiger partial charge on any atom is 0.228 e. The molecule has 1 amide bonds. The molecule has 2 saturated heterocycles. The van der Waals surface area contributed by atoms with Crippen LogP contribution in [0.3, 0.4) is 0 Å². The smallest absolute Gasteiger partial charge is 0.228 e. The van der Waals surface area contributed by atoms with Gasteiger partial charge in [0, 0.05) is 19.4 Å². The minimum atomic E-state index is -0.413. The van der Waals surface area contributed by atoms with Gasteiger partial charge in [-0.25, -0.2) is 4.98 Å². The number of carbonyl (C=O) groups excluding carboxylic acids is 2. The molecule has 7 nitrogen and oxygen atoms in total. The summed E-state index contributed by atoms with van der Waals surface area (Å²) in [6, 6.07) is 0.188. The summed E-state index contributed by atoms with van der Waals surface area (Å²) < 4.78 is 5.59. The monoisotopic (exact) mass is 292 g/mol. The van der Waals surface area contributed by atoms with Crippen LogP contribution in [0.25, 0.3) is 0 Å². The van der Waals surface area contributed by atoms with Crippen molar-refractivity contribution in [3.8, 4) is 0 Å². The topological polar surface area (TPSA) is 88.2 Å². The molecule has 2 aliphatic rings. The second-order valence-corrected chi connectivity index (χ2v) is 5.65. The van der Waals surface area contributed by atoms with E-state index in [0.717, 1.165) is 19.4 Å². The number of H-pyrrole nitrogens is 1. The summed E-state index contributed by atoms with van der Waals surface area (Å²) in [5.41, 5.74) is 0. The summed E-state index contributed by atoms with van der Waals surface area (Å²) in [5, 5.41) is 6.64. The van der Waals surface area contributed by atoms with E-state index in [9.17, 15) is 9.59 Å². The second kappa shape index (κ2) is 5.93. The number of hydrogen-bond donors (Lipinski definition) is 1. The van der Waals surface area contributed by atoms with Crippen molar-refractivity contribution in [3.63, 3.8) is 0 Å². The fraction of sp³-hybridized carbons (Fsp3) is 0.714. The first-order valence-electron chi connectivity index (χ1n) is 7.51. The van der Waals surface area contributed by atoms with Crippen LogP contribution in [0.4, 0.5) is 0 Å². The highest BCUT2D eigenvalue weighted by atomic mass is 16.5. The van der Waals surface area contributed by atoms with Crippen molar-refractivity contribution in [2.45, 2.75) is 38.6 Å². The zero-order valence-electron chi connectivity index (χ0n) is 12.2. The number of nitrogens with zero attached hydrogens (tertiary/aromatic N) is 3. The number of Topliss-reactive ketones (excluding diaryl/α,β-unsaturated/α-hetero) is 1. The number of aromatic amines is 1. The van der Waals surface area contributed by atoms with E-state index in [2.05, 4.69) is 15.2 Å². The lowest BCUT2D eigenvalue weighted by Crippen LogP contribution is -2.39. The summed E-state index contributed by atoms with van der Waals surface area (Å²) >= 11 is 0. The molecule has 7 heteroatoms. The van der Waals surface area contributed by atoms with Crippen LogP contribution in [-0.2, 0) is 16.0 Å². The van der Waals surface area contributed by atoms with Gasteiger partial charge >= 0.3 is 0 Å². The van der Waals surface area contributed by atoms with E-state index in [-0.39, 0.29) is 30.0 Å². The Morgan fingerprint density at radius 1 is 1.48 bits per heavy atom.